The van der Waals surface area contributed by atoms with Gasteiger partial charge in [0.15, 0.2) is 5.82 Å². The summed E-state index contributed by atoms with van der Waals surface area (Å²) >= 11 is 0. The Morgan fingerprint density at radius 1 is 1.05 bits per heavy atom. The lowest BCUT2D eigenvalue weighted by atomic mass is 9.89. The van der Waals surface area contributed by atoms with Crippen LogP contribution in [0.3, 0.4) is 0 Å². The lowest BCUT2D eigenvalue weighted by Gasteiger charge is -2.36. The fourth-order valence-electron chi connectivity index (χ4n) is 4.60. The van der Waals surface area contributed by atoms with Crippen LogP contribution >= 0.6 is 0 Å². The highest BCUT2D eigenvalue weighted by molar-refractivity contribution is 5.76. The molecule has 1 amide bonds. The summed E-state index contributed by atoms with van der Waals surface area (Å²) in [6.07, 6.45) is 0.819. The van der Waals surface area contributed by atoms with Crippen LogP contribution in [0.2, 0.25) is 0 Å². The second-order valence-electron chi connectivity index (χ2n) is 10.7. The van der Waals surface area contributed by atoms with Crippen molar-refractivity contribution < 1.29 is 28.2 Å². The van der Waals surface area contributed by atoms with Crippen molar-refractivity contribution in [2.75, 3.05) is 19.0 Å². The zero-order chi connectivity index (χ0) is 28.7. The van der Waals surface area contributed by atoms with Gasteiger partial charge in [-0.1, -0.05) is 60.7 Å². The van der Waals surface area contributed by atoms with E-state index >= 15 is 4.39 Å². The summed E-state index contributed by atoms with van der Waals surface area (Å²) in [5, 5.41) is 2.81. The van der Waals surface area contributed by atoms with Gasteiger partial charge in [0.2, 0.25) is 5.88 Å². The van der Waals surface area contributed by atoms with Gasteiger partial charge in [-0.15, -0.1) is 0 Å². The third-order valence-corrected chi connectivity index (χ3v) is 6.56. The summed E-state index contributed by atoms with van der Waals surface area (Å²) in [5.74, 6) is -1.02. The van der Waals surface area contributed by atoms with Crippen LogP contribution in [-0.2, 0) is 40.3 Å². The Morgan fingerprint density at radius 2 is 1.70 bits per heavy atom. The molecule has 1 aliphatic rings. The molecule has 1 aromatic heterocycles. The second-order valence-corrected chi connectivity index (χ2v) is 10.7. The topological polar surface area (TPSA) is 90.0 Å². The van der Waals surface area contributed by atoms with Gasteiger partial charge in [-0.3, -0.25) is 4.79 Å². The molecule has 3 aromatic rings. The number of rotatable bonds is 9. The van der Waals surface area contributed by atoms with Gasteiger partial charge in [0.05, 0.1) is 12.8 Å². The molecule has 2 aromatic carbocycles. The SMILES string of the molecule is COC(=O)CNc1c(OCc2ccccc2)nc2c(c1F)CC(N(Cc1ccccc1)C(=O)OC(C)(C)C)CC2. The maximum Gasteiger partial charge on any atom is 0.410 e. The number of carbonyl (C=O) groups excluding carboxylic acids is 2. The summed E-state index contributed by atoms with van der Waals surface area (Å²) in [6.45, 7) is 5.73. The van der Waals surface area contributed by atoms with E-state index in [1.165, 1.54) is 7.11 Å². The second kappa shape index (κ2) is 12.8. The number of aromatic nitrogens is 1. The van der Waals surface area contributed by atoms with Crippen molar-refractivity contribution in [2.45, 2.75) is 64.8 Å². The van der Waals surface area contributed by atoms with E-state index in [0.717, 1.165) is 11.1 Å². The van der Waals surface area contributed by atoms with Gasteiger partial charge in [0, 0.05) is 18.2 Å². The zero-order valence-electron chi connectivity index (χ0n) is 23.4. The number of hydrogen-bond acceptors (Lipinski definition) is 7. The van der Waals surface area contributed by atoms with Crippen LogP contribution < -0.4 is 10.1 Å². The van der Waals surface area contributed by atoms with Crippen molar-refractivity contribution in [1.29, 1.82) is 0 Å². The highest BCUT2D eigenvalue weighted by Crippen LogP contribution is 2.36. The molecule has 0 saturated heterocycles. The Kier molecular flexibility index (Phi) is 9.24. The Bertz CT molecular complexity index is 1310. The van der Waals surface area contributed by atoms with Crippen molar-refractivity contribution in [1.82, 2.24) is 9.88 Å². The number of aryl methyl sites for hydroxylation is 1. The van der Waals surface area contributed by atoms with E-state index in [-0.39, 0.29) is 37.2 Å². The van der Waals surface area contributed by atoms with Crippen molar-refractivity contribution >= 4 is 17.7 Å². The molecule has 0 spiro atoms. The normalized spacial score (nSPS) is 14.6. The van der Waals surface area contributed by atoms with E-state index < -0.39 is 23.5 Å². The summed E-state index contributed by atoms with van der Waals surface area (Å²) in [4.78, 5) is 31.5. The molecule has 1 unspecified atom stereocenters. The molecular formula is C31H36FN3O5. The first kappa shape index (κ1) is 28.9. The largest absolute Gasteiger partial charge is 0.471 e. The molecule has 0 radical (unpaired) electrons. The van der Waals surface area contributed by atoms with E-state index in [1.54, 1.807) is 4.90 Å². The average molecular weight is 550 g/mol. The van der Waals surface area contributed by atoms with E-state index in [9.17, 15) is 9.59 Å². The number of pyridine rings is 1. The number of carbonyl (C=O) groups is 2. The first-order chi connectivity index (χ1) is 19.1. The van der Waals surface area contributed by atoms with E-state index in [4.69, 9.17) is 14.2 Å². The van der Waals surface area contributed by atoms with Crippen molar-refractivity contribution in [3.05, 3.63) is 88.9 Å². The number of nitrogens with one attached hydrogen (secondary N) is 1. The number of amides is 1. The number of hydrogen-bond donors (Lipinski definition) is 1. The van der Waals surface area contributed by atoms with Crippen LogP contribution in [0.1, 0.15) is 49.6 Å². The number of ether oxygens (including phenoxy) is 3. The molecule has 1 heterocycles. The predicted octanol–water partition coefficient (Wildman–Crippen LogP) is 5.68. The van der Waals surface area contributed by atoms with Gasteiger partial charge in [-0.25, -0.2) is 14.2 Å². The van der Waals surface area contributed by atoms with Crippen LogP contribution in [0.5, 0.6) is 5.88 Å². The van der Waals surface area contributed by atoms with E-state index in [1.807, 2.05) is 81.4 Å². The third-order valence-electron chi connectivity index (χ3n) is 6.56. The number of anilines is 1. The number of methoxy groups -OCH3 is 1. The fourth-order valence-corrected chi connectivity index (χ4v) is 4.60. The first-order valence-electron chi connectivity index (χ1n) is 13.4. The Labute approximate surface area is 234 Å². The molecule has 1 atom stereocenters. The molecule has 40 heavy (non-hydrogen) atoms. The number of benzene rings is 2. The highest BCUT2D eigenvalue weighted by Gasteiger charge is 2.34. The van der Waals surface area contributed by atoms with Crippen LogP contribution in [0.4, 0.5) is 14.9 Å². The molecule has 0 saturated carbocycles. The van der Waals surface area contributed by atoms with Crippen LogP contribution in [0.15, 0.2) is 60.7 Å². The zero-order valence-corrected chi connectivity index (χ0v) is 23.4. The summed E-state index contributed by atoms with van der Waals surface area (Å²) in [6, 6.07) is 18.8. The molecule has 1 aliphatic carbocycles. The maximum absolute atomic E-state index is 16.2. The quantitative estimate of drug-likeness (QED) is 0.344. The monoisotopic (exact) mass is 549 g/mol. The predicted molar refractivity (Wildman–Crippen MR) is 150 cm³/mol. The lowest BCUT2D eigenvalue weighted by molar-refractivity contribution is -0.138. The molecule has 212 valence electrons. The van der Waals surface area contributed by atoms with Gasteiger partial charge in [0.25, 0.3) is 0 Å². The molecule has 8 nitrogen and oxygen atoms in total. The molecule has 0 fully saturated rings. The van der Waals surface area contributed by atoms with Crippen LogP contribution in [0.25, 0.3) is 0 Å². The minimum absolute atomic E-state index is 0.00684. The Hall–Kier alpha value is -4.14. The number of esters is 1. The minimum atomic E-state index is -0.679. The number of fused-ring (bicyclic) bond motifs is 1. The Balaban J connectivity index is 1.64. The van der Waals surface area contributed by atoms with Crippen molar-refractivity contribution in [3.8, 4) is 5.88 Å². The molecule has 0 bridgehead atoms. The summed E-state index contributed by atoms with van der Waals surface area (Å²) in [7, 11) is 1.26. The maximum atomic E-state index is 16.2. The number of nitrogens with zero attached hydrogens (tertiary/aromatic N) is 2. The molecule has 0 aliphatic heterocycles. The van der Waals surface area contributed by atoms with Gasteiger partial charge >= 0.3 is 12.1 Å². The van der Waals surface area contributed by atoms with Gasteiger partial charge < -0.3 is 24.4 Å². The van der Waals surface area contributed by atoms with E-state index in [0.29, 0.717) is 30.6 Å². The minimum Gasteiger partial charge on any atom is -0.471 e. The summed E-state index contributed by atoms with van der Waals surface area (Å²) in [5.41, 5.74) is 2.12. The first-order valence-corrected chi connectivity index (χ1v) is 13.4. The summed E-state index contributed by atoms with van der Waals surface area (Å²) < 4.78 is 32.5. The Morgan fingerprint density at radius 3 is 2.33 bits per heavy atom. The average Bonchev–Trinajstić information content (AvgIpc) is 2.94. The van der Waals surface area contributed by atoms with E-state index in [2.05, 4.69) is 10.3 Å². The van der Waals surface area contributed by atoms with Crippen molar-refractivity contribution in [2.24, 2.45) is 0 Å². The van der Waals surface area contributed by atoms with Crippen molar-refractivity contribution in [3.63, 3.8) is 0 Å². The van der Waals surface area contributed by atoms with Gasteiger partial charge in [0.1, 0.15) is 24.4 Å². The molecule has 9 heteroatoms. The third kappa shape index (κ3) is 7.49. The van der Waals surface area contributed by atoms with Gasteiger partial charge in [-0.05, 0) is 51.2 Å². The molecular weight excluding hydrogens is 513 g/mol. The highest BCUT2D eigenvalue weighted by atomic mass is 19.1. The fraction of sp³-hybridized carbons (Fsp3) is 0.387. The van der Waals surface area contributed by atoms with Gasteiger partial charge in [-0.2, -0.15) is 0 Å². The standard InChI is InChI=1S/C31H36FN3O5/c1-31(2,3)40-30(37)35(19-21-11-7-5-8-12-21)23-15-16-25-24(17-23)27(32)28(33-18-26(36)38-4)29(34-25)39-20-22-13-9-6-10-14-22/h5-14,23,33H,15-20H2,1-4H3. The van der Waals surface area contributed by atoms with Crippen LogP contribution in [-0.4, -0.2) is 47.2 Å². The smallest absolute Gasteiger partial charge is 0.410 e. The van der Waals surface area contributed by atoms with Crippen LogP contribution in [0, 0.1) is 5.82 Å². The molecule has 4 rings (SSSR count). The number of halogens is 1. The molecule has 1 N–H and O–H groups in total. The lowest BCUT2D eigenvalue weighted by Crippen LogP contribution is -2.45.